The van der Waals surface area contributed by atoms with Crippen LogP contribution in [0.15, 0.2) is 18.2 Å². The lowest BCUT2D eigenvalue weighted by Crippen LogP contribution is -2.27. The molecule has 0 amide bonds. The number of Topliss-reactive ketones (excluding diaryl/α,β-unsaturated/α-hetero) is 1. The highest BCUT2D eigenvalue weighted by Crippen LogP contribution is 2.32. The van der Waals surface area contributed by atoms with Crippen LogP contribution < -0.4 is 0 Å². The van der Waals surface area contributed by atoms with Gasteiger partial charge in [-0.25, -0.2) is 0 Å². The highest BCUT2D eigenvalue weighted by Gasteiger charge is 2.31. The van der Waals surface area contributed by atoms with Crippen molar-refractivity contribution in [2.75, 3.05) is 0 Å². The van der Waals surface area contributed by atoms with Crippen LogP contribution in [0.25, 0.3) is 0 Å². The summed E-state index contributed by atoms with van der Waals surface area (Å²) in [5.74, 6) is -1.13. The second kappa shape index (κ2) is 5.55. The zero-order chi connectivity index (χ0) is 14.0. The van der Waals surface area contributed by atoms with Crippen molar-refractivity contribution in [1.29, 1.82) is 0 Å². The molecule has 0 aromatic heterocycles. The Balaban J connectivity index is 2.17. The monoisotopic (exact) mass is 260 g/mol. The van der Waals surface area contributed by atoms with Gasteiger partial charge in [0.2, 0.25) is 0 Å². The molecule has 1 aliphatic carbocycles. The van der Waals surface area contributed by atoms with E-state index in [1.165, 1.54) is 0 Å². The summed E-state index contributed by atoms with van der Waals surface area (Å²) in [6.45, 7) is 3.94. The van der Waals surface area contributed by atoms with Gasteiger partial charge in [-0.1, -0.05) is 30.2 Å². The molecule has 0 bridgehead atoms. The SMILES string of the molecule is Cc1ccc(C(=O)C2CCCC(C(=O)O)C2)c(C)c1. The van der Waals surface area contributed by atoms with Crippen LogP contribution in [-0.4, -0.2) is 16.9 Å². The number of ketones is 1. The quantitative estimate of drug-likeness (QED) is 0.848. The van der Waals surface area contributed by atoms with Crippen molar-refractivity contribution < 1.29 is 14.7 Å². The maximum absolute atomic E-state index is 12.5. The van der Waals surface area contributed by atoms with Gasteiger partial charge in [-0.15, -0.1) is 0 Å². The smallest absolute Gasteiger partial charge is 0.306 e. The van der Waals surface area contributed by atoms with Crippen LogP contribution in [0.3, 0.4) is 0 Å². The number of hydrogen-bond acceptors (Lipinski definition) is 2. The normalized spacial score (nSPS) is 23.1. The number of carboxylic acids is 1. The molecule has 3 heteroatoms. The van der Waals surface area contributed by atoms with Crippen molar-refractivity contribution in [2.45, 2.75) is 39.5 Å². The van der Waals surface area contributed by atoms with Gasteiger partial charge in [0.25, 0.3) is 0 Å². The number of carbonyl (C=O) groups is 2. The van der Waals surface area contributed by atoms with E-state index in [1.54, 1.807) is 0 Å². The van der Waals surface area contributed by atoms with Crippen LogP contribution in [0.1, 0.15) is 47.2 Å². The lowest BCUT2D eigenvalue weighted by Gasteiger charge is -2.26. The van der Waals surface area contributed by atoms with Gasteiger partial charge in [-0.2, -0.15) is 0 Å². The summed E-state index contributed by atoms with van der Waals surface area (Å²) >= 11 is 0. The molecule has 2 atom stereocenters. The van der Waals surface area contributed by atoms with Crippen LogP contribution >= 0.6 is 0 Å². The summed E-state index contributed by atoms with van der Waals surface area (Å²) in [4.78, 5) is 23.6. The minimum Gasteiger partial charge on any atom is -0.481 e. The Bertz CT molecular complexity index is 505. The third-order valence-electron chi connectivity index (χ3n) is 4.04. The third-order valence-corrected chi connectivity index (χ3v) is 4.04. The van der Waals surface area contributed by atoms with Gasteiger partial charge >= 0.3 is 5.97 Å². The van der Waals surface area contributed by atoms with Gasteiger partial charge in [-0.05, 0) is 38.7 Å². The van der Waals surface area contributed by atoms with E-state index in [0.29, 0.717) is 12.8 Å². The summed E-state index contributed by atoms with van der Waals surface area (Å²) in [5.41, 5.74) is 2.88. The van der Waals surface area contributed by atoms with Crippen molar-refractivity contribution in [3.63, 3.8) is 0 Å². The average Bonchev–Trinajstić information content (AvgIpc) is 2.38. The molecule has 1 saturated carbocycles. The summed E-state index contributed by atoms with van der Waals surface area (Å²) < 4.78 is 0. The summed E-state index contributed by atoms with van der Waals surface area (Å²) in [7, 11) is 0. The number of benzene rings is 1. The Morgan fingerprint density at radius 1 is 1.16 bits per heavy atom. The number of rotatable bonds is 3. The Morgan fingerprint density at radius 3 is 2.47 bits per heavy atom. The van der Waals surface area contributed by atoms with Gasteiger partial charge < -0.3 is 5.11 Å². The molecule has 2 unspecified atom stereocenters. The minimum absolute atomic E-state index is 0.114. The highest BCUT2D eigenvalue weighted by atomic mass is 16.4. The molecule has 1 N–H and O–H groups in total. The molecule has 1 fully saturated rings. The molecule has 0 saturated heterocycles. The lowest BCUT2D eigenvalue weighted by molar-refractivity contribution is -0.143. The molecule has 1 aromatic rings. The van der Waals surface area contributed by atoms with E-state index in [0.717, 1.165) is 29.5 Å². The van der Waals surface area contributed by atoms with E-state index in [9.17, 15) is 9.59 Å². The summed E-state index contributed by atoms with van der Waals surface area (Å²) in [5, 5.41) is 9.09. The second-order valence-corrected chi connectivity index (χ2v) is 5.58. The summed E-state index contributed by atoms with van der Waals surface area (Å²) in [6, 6.07) is 5.82. The molecule has 2 rings (SSSR count). The molecule has 0 spiro atoms. The van der Waals surface area contributed by atoms with Gasteiger partial charge in [0.1, 0.15) is 0 Å². The van der Waals surface area contributed by atoms with E-state index in [4.69, 9.17) is 5.11 Å². The maximum atomic E-state index is 12.5. The standard InChI is InChI=1S/C16H20O3/c1-10-6-7-14(11(2)8-10)15(17)12-4-3-5-13(9-12)16(18)19/h6-8,12-13H,3-5,9H2,1-2H3,(H,18,19). The van der Waals surface area contributed by atoms with Crippen LogP contribution in [0.5, 0.6) is 0 Å². The first kappa shape index (κ1) is 13.8. The van der Waals surface area contributed by atoms with Crippen molar-refractivity contribution in [3.8, 4) is 0 Å². The van der Waals surface area contributed by atoms with Crippen LogP contribution in [0, 0.1) is 25.7 Å². The first-order valence-electron chi connectivity index (χ1n) is 6.83. The van der Waals surface area contributed by atoms with Crippen LogP contribution in [0.4, 0.5) is 0 Å². The Hall–Kier alpha value is -1.64. The fourth-order valence-corrected chi connectivity index (χ4v) is 2.96. The zero-order valence-corrected chi connectivity index (χ0v) is 11.5. The van der Waals surface area contributed by atoms with Crippen molar-refractivity contribution in [1.82, 2.24) is 0 Å². The lowest BCUT2D eigenvalue weighted by atomic mass is 9.77. The molecule has 0 heterocycles. The number of hydrogen-bond donors (Lipinski definition) is 1. The molecular formula is C16H20O3. The van der Waals surface area contributed by atoms with E-state index in [1.807, 2.05) is 32.0 Å². The first-order valence-corrected chi connectivity index (χ1v) is 6.83. The fourth-order valence-electron chi connectivity index (χ4n) is 2.96. The molecule has 0 radical (unpaired) electrons. The Morgan fingerprint density at radius 2 is 1.84 bits per heavy atom. The largest absolute Gasteiger partial charge is 0.481 e. The van der Waals surface area contributed by atoms with E-state index in [-0.39, 0.29) is 17.6 Å². The van der Waals surface area contributed by atoms with E-state index >= 15 is 0 Å². The number of aliphatic carboxylic acids is 1. The Kier molecular flexibility index (Phi) is 4.03. The predicted octanol–water partition coefficient (Wildman–Crippen LogP) is 3.38. The van der Waals surface area contributed by atoms with Crippen LogP contribution in [-0.2, 0) is 4.79 Å². The molecule has 0 aliphatic heterocycles. The minimum atomic E-state index is -0.766. The molecule has 19 heavy (non-hydrogen) atoms. The second-order valence-electron chi connectivity index (χ2n) is 5.58. The van der Waals surface area contributed by atoms with Crippen LogP contribution in [0.2, 0.25) is 0 Å². The third kappa shape index (κ3) is 3.03. The van der Waals surface area contributed by atoms with Crippen molar-refractivity contribution >= 4 is 11.8 Å². The van der Waals surface area contributed by atoms with Gasteiger partial charge in [0, 0.05) is 11.5 Å². The molecule has 1 aliphatic rings. The zero-order valence-electron chi connectivity index (χ0n) is 11.5. The molecular weight excluding hydrogens is 240 g/mol. The topological polar surface area (TPSA) is 54.4 Å². The van der Waals surface area contributed by atoms with Gasteiger partial charge in [0.15, 0.2) is 5.78 Å². The molecule has 102 valence electrons. The average molecular weight is 260 g/mol. The summed E-state index contributed by atoms with van der Waals surface area (Å²) in [6.07, 6.45) is 2.84. The predicted molar refractivity (Wildman–Crippen MR) is 73.3 cm³/mol. The van der Waals surface area contributed by atoms with Crippen molar-refractivity contribution in [3.05, 3.63) is 34.9 Å². The Labute approximate surface area is 113 Å². The maximum Gasteiger partial charge on any atom is 0.306 e. The number of carboxylic acid groups (broad SMARTS) is 1. The van der Waals surface area contributed by atoms with E-state index in [2.05, 4.69) is 0 Å². The van der Waals surface area contributed by atoms with E-state index < -0.39 is 5.97 Å². The van der Waals surface area contributed by atoms with Crippen molar-refractivity contribution in [2.24, 2.45) is 11.8 Å². The molecule has 1 aromatic carbocycles. The van der Waals surface area contributed by atoms with Gasteiger partial charge in [0.05, 0.1) is 5.92 Å². The van der Waals surface area contributed by atoms with Gasteiger partial charge in [-0.3, -0.25) is 9.59 Å². The highest BCUT2D eigenvalue weighted by molar-refractivity contribution is 5.99. The first-order chi connectivity index (χ1) is 8.99. The fraction of sp³-hybridized carbons (Fsp3) is 0.500. The number of aryl methyl sites for hydroxylation is 2. The number of carbonyl (C=O) groups excluding carboxylic acids is 1. The molecule has 3 nitrogen and oxygen atoms in total.